The van der Waals surface area contributed by atoms with Gasteiger partial charge in [0.2, 0.25) is 0 Å². The molecule has 1 aromatic carbocycles. The number of hydrogen-bond donors (Lipinski definition) is 1. The van der Waals surface area contributed by atoms with E-state index in [1.165, 1.54) is 12.1 Å². The van der Waals surface area contributed by atoms with Crippen LogP contribution in [0.3, 0.4) is 0 Å². The van der Waals surface area contributed by atoms with Crippen molar-refractivity contribution in [3.63, 3.8) is 0 Å². The summed E-state index contributed by atoms with van der Waals surface area (Å²) in [6, 6.07) is 9.19. The minimum atomic E-state index is -0.519. The van der Waals surface area contributed by atoms with Gasteiger partial charge in [-0.15, -0.1) is 0 Å². The molecule has 0 aliphatic heterocycles. The number of carbonyl (C=O) groups excluding carboxylic acids is 1. The molecule has 19 heavy (non-hydrogen) atoms. The molecule has 1 heterocycles. The second kappa shape index (κ2) is 5.36. The molecule has 0 unspecified atom stereocenters. The Kier molecular flexibility index (Phi) is 3.62. The van der Waals surface area contributed by atoms with E-state index in [1.54, 1.807) is 19.1 Å². The topological polar surface area (TPSA) is 66.0 Å². The maximum absolute atomic E-state index is 13.6. The number of furan rings is 1. The third kappa shape index (κ3) is 2.99. The van der Waals surface area contributed by atoms with Crippen LogP contribution < -0.4 is 5.32 Å². The predicted molar refractivity (Wildman–Crippen MR) is 65.7 cm³/mol. The van der Waals surface area contributed by atoms with E-state index in [-0.39, 0.29) is 17.9 Å². The van der Waals surface area contributed by atoms with Gasteiger partial charge in [0.15, 0.2) is 5.76 Å². The molecule has 5 heteroatoms. The van der Waals surface area contributed by atoms with E-state index in [4.69, 9.17) is 9.68 Å². The molecule has 0 saturated carbocycles. The molecule has 1 amide bonds. The molecule has 2 rings (SSSR count). The fourth-order valence-electron chi connectivity index (χ4n) is 1.58. The first-order valence-corrected chi connectivity index (χ1v) is 5.63. The molecule has 0 aliphatic rings. The van der Waals surface area contributed by atoms with Crippen molar-refractivity contribution in [1.82, 2.24) is 5.32 Å². The predicted octanol–water partition coefficient (Wildman–Crippen LogP) is 2.53. The largest absolute Gasteiger partial charge is 0.456 e. The van der Waals surface area contributed by atoms with Crippen molar-refractivity contribution in [2.24, 2.45) is 0 Å². The van der Waals surface area contributed by atoms with E-state index >= 15 is 0 Å². The van der Waals surface area contributed by atoms with Crippen LogP contribution in [0.15, 0.2) is 34.7 Å². The van der Waals surface area contributed by atoms with Crippen molar-refractivity contribution in [3.05, 3.63) is 58.8 Å². The van der Waals surface area contributed by atoms with Crippen LogP contribution in [0.1, 0.15) is 27.4 Å². The maximum Gasteiger partial charge on any atom is 0.287 e. The summed E-state index contributed by atoms with van der Waals surface area (Å²) in [5.74, 6) is -0.104. The SMILES string of the molecule is Cc1ccc(C(=O)NCc2ccc(C#N)cc2F)o1. The van der Waals surface area contributed by atoms with E-state index < -0.39 is 11.7 Å². The summed E-state index contributed by atoms with van der Waals surface area (Å²) in [7, 11) is 0. The van der Waals surface area contributed by atoms with Crippen LogP contribution in [0.25, 0.3) is 0 Å². The van der Waals surface area contributed by atoms with E-state index in [9.17, 15) is 9.18 Å². The van der Waals surface area contributed by atoms with Crippen molar-refractivity contribution in [2.45, 2.75) is 13.5 Å². The minimum Gasteiger partial charge on any atom is -0.456 e. The van der Waals surface area contributed by atoms with Crippen LogP contribution in [-0.2, 0) is 6.54 Å². The number of rotatable bonds is 3. The van der Waals surface area contributed by atoms with E-state index in [0.717, 1.165) is 6.07 Å². The zero-order valence-electron chi connectivity index (χ0n) is 10.2. The van der Waals surface area contributed by atoms with Gasteiger partial charge in [0, 0.05) is 12.1 Å². The van der Waals surface area contributed by atoms with Gasteiger partial charge >= 0.3 is 0 Å². The monoisotopic (exact) mass is 258 g/mol. The molecule has 96 valence electrons. The molecule has 0 saturated heterocycles. The Morgan fingerprint density at radius 1 is 1.42 bits per heavy atom. The van der Waals surface area contributed by atoms with Gasteiger partial charge in [0.25, 0.3) is 5.91 Å². The summed E-state index contributed by atoms with van der Waals surface area (Å²) < 4.78 is 18.7. The van der Waals surface area contributed by atoms with Gasteiger partial charge in [0.05, 0.1) is 11.6 Å². The van der Waals surface area contributed by atoms with Crippen LogP contribution in [-0.4, -0.2) is 5.91 Å². The fourth-order valence-corrected chi connectivity index (χ4v) is 1.58. The zero-order valence-corrected chi connectivity index (χ0v) is 10.2. The summed E-state index contributed by atoms with van der Waals surface area (Å²) in [4.78, 5) is 11.7. The number of aryl methyl sites for hydroxylation is 1. The number of benzene rings is 1. The fraction of sp³-hybridized carbons (Fsp3) is 0.143. The summed E-state index contributed by atoms with van der Waals surface area (Å²) in [5.41, 5.74) is 0.560. The van der Waals surface area contributed by atoms with Crippen LogP contribution >= 0.6 is 0 Å². The number of nitriles is 1. The third-order valence-corrected chi connectivity index (χ3v) is 2.59. The Bertz CT molecular complexity index is 656. The van der Waals surface area contributed by atoms with E-state index in [0.29, 0.717) is 11.3 Å². The van der Waals surface area contributed by atoms with Gasteiger partial charge in [-0.05, 0) is 31.2 Å². The lowest BCUT2D eigenvalue weighted by atomic mass is 10.1. The highest BCUT2D eigenvalue weighted by molar-refractivity contribution is 5.91. The first kappa shape index (κ1) is 12.8. The number of hydrogen-bond acceptors (Lipinski definition) is 3. The molecular weight excluding hydrogens is 247 g/mol. The molecular formula is C14H11FN2O2. The number of nitrogens with one attached hydrogen (secondary N) is 1. The molecule has 4 nitrogen and oxygen atoms in total. The van der Waals surface area contributed by atoms with Crippen LogP contribution in [0, 0.1) is 24.1 Å². The average Bonchev–Trinajstić information content (AvgIpc) is 2.83. The van der Waals surface area contributed by atoms with Gasteiger partial charge in [-0.25, -0.2) is 4.39 Å². The molecule has 0 aliphatic carbocycles. The van der Waals surface area contributed by atoms with Gasteiger partial charge in [-0.1, -0.05) is 6.07 Å². The quantitative estimate of drug-likeness (QED) is 0.919. The number of halogens is 1. The molecule has 0 atom stereocenters. The summed E-state index contributed by atoms with van der Waals surface area (Å²) in [6.07, 6.45) is 0. The van der Waals surface area contributed by atoms with Crippen molar-refractivity contribution in [2.75, 3.05) is 0 Å². The van der Waals surface area contributed by atoms with Crippen molar-refractivity contribution < 1.29 is 13.6 Å². The van der Waals surface area contributed by atoms with Crippen LogP contribution in [0.4, 0.5) is 4.39 Å². The highest BCUT2D eigenvalue weighted by Crippen LogP contribution is 2.11. The summed E-state index contributed by atoms with van der Waals surface area (Å²) >= 11 is 0. The van der Waals surface area contributed by atoms with Crippen molar-refractivity contribution >= 4 is 5.91 Å². The average molecular weight is 258 g/mol. The van der Waals surface area contributed by atoms with Gasteiger partial charge in [-0.2, -0.15) is 5.26 Å². The minimum absolute atomic E-state index is 0.0378. The molecule has 0 radical (unpaired) electrons. The van der Waals surface area contributed by atoms with Crippen LogP contribution in [0.2, 0.25) is 0 Å². The Morgan fingerprint density at radius 2 is 2.21 bits per heavy atom. The van der Waals surface area contributed by atoms with E-state index in [1.807, 2.05) is 6.07 Å². The van der Waals surface area contributed by atoms with Gasteiger partial charge < -0.3 is 9.73 Å². The first-order chi connectivity index (χ1) is 9.10. The van der Waals surface area contributed by atoms with E-state index in [2.05, 4.69) is 5.32 Å². The second-order valence-electron chi connectivity index (χ2n) is 4.01. The second-order valence-corrected chi connectivity index (χ2v) is 4.01. The Labute approximate surface area is 109 Å². The lowest BCUT2D eigenvalue weighted by Crippen LogP contribution is -2.22. The first-order valence-electron chi connectivity index (χ1n) is 5.63. The molecule has 0 bridgehead atoms. The molecule has 0 spiro atoms. The lowest BCUT2D eigenvalue weighted by molar-refractivity contribution is 0.0921. The zero-order chi connectivity index (χ0) is 13.8. The number of carbonyl (C=O) groups is 1. The number of amides is 1. The summed E-state index contributed by atoms with van der Waals surface area (Å²) in [5, 5.41) is 11.2. The highest BCUT2D eigenvalue weighted by Gasteiger charge is 2.11. The smallest absolute Gasteiger partial charge is 0.287 e. The molecule has 1 aromatic heterocycles. The van der Waals surface area contributed by atoms with Crippen molar-refractivity contribution in [1.29, 1.82) is 5.26 Å². The molecule has 1 N–H and O–H groups in total. The molecule has 0 fully saturated rings. The Morgan fingerprint density at radius 3 is 2.79 bits per heavy atom. The highest BCUT2D eigenvalue weighted by atomic mass is 19.1. The van der Waals surface area contributed by atoms with Gasteiger partial charge in [-0.3, -0.25) is 4.79 Å². The van der Waals surface area contributed by atoms with Gasteiger partial charge in [0.1, 0.15) is 11.6 Å². The van der Waals surface area contributed by atoms with Crippen molar-refractivity contribution in [3.8, 4) is 6.07 Å². The normalized spacial score (nSPS) is 9.95. The third-order valence-electron chi connectivity index (χ3n) is 2.59. The standard InChI is InChI=1S/C14H11FN2O2/c1-9-2-5-13(19-9)14(18)17-8-11-4-3-10(7-16)6-12(11)15/h2-6H,8H2,1H3,(H,17,18). The van der Waals surface area contributed by atoms with Crippen LogP contribution in [0.5, 0.6) is 0 Å². The summed E-state index contributed by atoms with van der Waals surface area (Å²) in [6.45, 7) is 1.77. The number of nitrogens with zero attached hydrogens (tertiary/aromatic N) is 1. The maximum atomic E-state index is 13.6. The Hall–Kier alpha value is -2.61. The lowest BCUT2D eigenvalue weighted by Gasteiger charge is -2.05. The Balaban J connectivity index is 2.03. The molecule has 2 aromatic rings.